The van der Waals surface area contributed by atoms with E-state index in [1.54, 1.807) is 17.2 Å². The number of rotatable bonds is 4. The molecule has 1 amide bonds. The Morgan fingerprint density at radius 1 is 1.50 bits per heavy atom. The number of nitrogens with two attached hydrogens (primary N) is 1. The lowest BCUT2D eigenvalue weighted by Gasteiger charge is -2.30. The van der Waals surface area contributed by atoms with Crippen LogP contribution in [0.15, 0.2) is 5.38 Å². The maximum atomic E-state index is 12.1. The van der Waals surface area contributed by atoms with Gasteiger partial charge in [-0.25, -0.2) is 4.98 Å². The number of hydrogen-bond donors (Lipinski definition) is 1. The van der Waals surface area contributed by atoms with Crippen molar-refractivity contribution in [2.24, 2.45) is 5.92 Å². The summed E-state index contributed by atoms with van der Waals surface area (Å²) in [6.07, 6.45) is 1.62. The predicted octanol–water partition coefficient (Wildman–Crippen LogP) is 1.07. The number of hydrogen-bond acceptors (Lipinski definition) is 6. The van der Waals surface area contributed by atoms with Crippen LogP contribution in [0.5, 0.6) is 0 Å². The number of thiazole rings is 1. The average molecular weight is 297 g/mol. The van der Waals surface area contributed by atoms with E-state index in [1.165, 1.54) is 11.3 Å². The molecule has 0 saturated carbocycles. The van der Waals surface area contributed by atoms with Crippen molar-refractivity contribution >= 4 is 28.3 Å². The number of carbonyl (C=O) groups is 2. The maximum Gasteiger partial charge on any atom is 0.309 e. The van der Waals surface area contributed by atoms with Crippen molar-refractivity contribution in [1.29, 1.82) is 0 Å². The summed E-state index contributed by atoms with van der Waals surface area (Å²) in [6.45, 7) is 3.41. The summed E-state index contributed by atoms with van der Waals surface area (Å²) in [5.74, 6) is -0.182. The fraction of sp³-hybridized carbons (Fsp3) is 0.615. The number of piperidine rings is 1. The van der Waals surface area contributed by atoms with Gasteiger partial charge in [-0.1, -0.05) is 0 Å². The molecule has 0 radical (unpaired) electrons. The first kappa shape index (κ1) is 14.8. The van der Waals surface area contributed by atoms with Gasteiger partial charge in [-0.15, -0.1) is 11.3 Å². The third kappa shape index (κ3) is 3.69. The molecule has 0 unspecified atom stereocenters. The van der Waals surface area contributed by atoms with Gasteiger partial charge >= 0.3 is 5.97 Å². The van der Waals surface area contributed by atoms with Crippen LogP contribution in [0.4, 0.5) is 5.13 Å². The molecule has 2 N–H and O–H groups in total. The molecule has 1 saturated heterocycles. The number of nitrogens with zero attached hydrogens (tertiary/aromatic N) is 2. The first-order valence-electron chi connectivity index (χ1n) is 6.74. The summed E-state index contributed by atoms with van der Waals surface area (Å²) in [5, 5.41) is 2.28. The third-order valence-electron chi connectivity index (χ3n) is 3.37. The summed E-state index contributed by atoms with van der Waals surface area (Å²) in [5.41, 5.74) is 6.26. The van der Waals surface area contributed by atoms with E-state index in [0.29, 0.717) is 43.4 Å². The Balaban J connectivity index is 1.81. The standard InChI is InChI=1S/C13H19N3O3S/c1-2-19-12(18)9-3-5-16(6-4-9)11(17)7-10-8-20-13(14)15-10/h8-9H,2-7H2,1H3,(H2,14,15). The minimum Gasteiger partial charge on any atom is -0.466 e. The number of aromatic nitrogens is 1. The summed E-state index contributed by atoms with van der Waals surface area (Å²) >= 11 is 1.34. The van der Waals surface area contributed by atoms with Crippen LogP contribution in [0, 0.1) is 5.92 Å². The Kier molecular flexibility index (Phi) is 4.94. The third-order valence-corrected chi connectivity index (χ3v) is 4.09. The summed E-state index contributed by atoms with van der Waals surface area (Å²) in [6, 6.07) is 0. The molecular weight excluding hydrogens is 278 g/mol. The van der Waals surface area contributed by atoms with E-state index in [4.69, 9.17) is 10.5 Å². The minimum absolute atomic E-state index is 0.0395. The molecule has 1 fully saturated rings. The number of anilines is 1. The van der Waals surface area contributed by atoms with Crippen molar-refractivity contribution in [2.45, 2.75) is 26.2 Å². The molecule has 110 valence electrons. The van der Waals surface area contributed by atoms with Crippen LogP contribution in [0.2, 0.25) is 0 Å². The van der Waals surface area contributed by atoms with Crippen molar-refractivity contribution in [3.63, 3.8) is 0 Å². The van der Waals surface area contributed by atoms with Gasteiger partial charge in [-0.05, 0) is 19.8 Å². The number of ether oxygens (including phenoxy) is 1. The van der Waals surface area contributed by atoms with E-state index in [9.17, 15) is 9.59 Å². The fourth-order valence-corrected chi connectivity index (χ4v) is 2.86. The van der Waals surface area contributed by atoms with Gasteiger partial charge in [-0.2, -0.15) is 0 Å². The van der Waals surface area contributed by atoms with Gasteiger partial charge in [0.1, 0.15) is 0 Å². The second-order valence-corrected chi connectivity index (χ2v) is 5.65. The molecule has 6 nitrogen and oxygen atoms in total. The maximum absolute atomic E-state index is 12.1. The quantitative estimate of drug-likeness (QED) is 0.840. The van der Waals surface area contributed by atoms with Crippen LogP contribution in [-0.4, -0.2) is 41.5 Å². The molecule has 2 rings (SSSR count). The van der Waals surface area contributed by atoms with E-state index in [1.807, 2.05) is 0 Å². The van der Waals surface area contributed by atoms with Gasteiger partial charge in [-0.3, -0.25) is 9.59 Å². The first-order chi connectivity index (χ1) is 9.60. The van der Waals surface area contributed by atoms with Crippen molar-refractivity contribution in [3.8, 4) is 0 Å². The SMILES string of the molecule is CCOC(=O)C1CCN(C(=O)Cc2csc(N)n2)CC1. The second kappa shape index (κ2) is 6.69. The molecule has 1 aromatic heterocycles. The number of likely N-dealkylation sites (tertiary alicyclic amines) is 1. The molecule has 1 aliphatic rings. The minimum atomic E-state index is -0.146. The number of esters is 1. The normalized spacial score (nSPS) is 16.1. The molecular formula is C13H19N3O3S. The van der Waals surface area contributed by atoms with Gasteiger partial charge in [0.25, 0.3) is 0 Å². The highest BCUT2D eigenvalue weighted by Gasteiger charge is 2.28. The predicted molar refractivity (Wildman–Crippen MR) is 76.2 cm³/mol. The number of amides is 1. The smallest absolute Gasteiger partial charge is 0.309 e. The molecule has 0 aromatic carbocycles. The molecule has 0 spiro atoms. The molecule has 2 heterocycles. The first-order valence-corrected chi connectivity index (χ1v) is 7.62. The Bertz CT molecular complexity index is 481. The van der Waals surface area contributed by atoms with Crippen molar-refractivity contribution in [3.05, 3.63) is 11.1 Å². The molecule has 0 bridgehead atoms. The topological polar surface area (TPSA) is 85.5 Å². The van der Waals surface area contributed by atoms with E-state index in [0.717, 1.165) is 0 Å². The summed E-state index contributed by atoms with van der Waals surface area (Å²) < 4.78 is 5.01. The molecule has 7 heteroatoms. The zero-order chi connectivity index (χ0) is 14.5. The highest BCUT2D eigenvalue weighted by Crippen LogP contribution is 2.20. The van der Waals surface area contributed by atoms with Crippen LogP contribution >= 0.6 is 11.3 Å². The van der Waals surface area contributed by atoms with Gasteiger partial charge in [0.15, 0.2) is 5.13 Å². The average Bonchev–Trinajstić information content (AvgIpc) is 2.84. The summed E-state index contributed by atoms with van der Waals surface area (Å²) in [7, 11) is 0. The zero-order valence-corrected chi connectivity index (χ0v) is 12.3. The lowest BCUT2D eigenvalue weighted by atomic mass is 9.97. The Morgan fingerprint density at radius 2 is 2.20 bits per heavy atom. The van der Waals surface area contributed by atoms with Gasteiger partial charge in [0.05, 0.1) is 24.6 Å². The summed E-state index contributed by atoms with van der Waals surface area (Å²) in [4.78, 5) is 29.6. The number of nitrogen functional groups attached to an aromatic ring is 1. The van der Waals surface area contributed by atoms with Crippen LogP contribution in [0.1, 0.15) is 25.5 Å². The van der Waals surface area contributed by atoms with Crippen LogP contribution in [0.25, 0.3) is 0 Å². The lowest BCUT2D eigenvalue weighted by Crippen LogP contribution is -2.41. The second-order valence-electron chi connectivity index (χ2n) is 4.76. The molecule has 1 aromatic rings. The molecule has 20 heavy (non-hydrogen) atoms. The lowest BCUT2D eigenvalue weighted by molar-refractivity contribution is -0.151. The largest absolute Gasteiger partial charge is 0.466 e. The van der Waals surface area contributed by atoms with Crippen molar-refractivity contribution in [2.75, 3.05) is 25.4 Å². The van der Waals surface area contributed by atoms with Gasteiger partial charge < -0.3 is 15.4 Å². The molecule has 0 aliphatic carbocycles. The van der Waals surface area contributed by atoms with E-state index in [-0.39, 0.29) is 24.2 Å². The van der Waals surface area contributed by atoms with E-state index in [2.05, 4.69) is 4.98 Å². The Morgan fingerprint density at radius 3 is 2.75 bits per heavy atom. The Hall–Kier alpha value is -1.63. The van der Waals surface area contributed by atoms with Gasteiger partial charge in [0, 0.05) is 18.5 Å². The highest BCUT2D eigenvalue weighted by molar-refractivity contribution is 7.13. The highest BCUT2D eigenvalue weighted by atomic mass is 32.1. The fourth-order valence-electron chi connectivity index (χ4n) is 2.30. The van der Waals surface area contributed by atoms with E-state index >= 15 is 0 Å². The van der Waals surface area contributed by atoms with Crippen LogP contribution in [0.3, 0.4) is 0 Å². The van der Waals surface area contributed by atoms with E-state index < -0.39 is 0 Å². The Labute approximate surface area is 121 Å². The van der Waals surface area contributed by atoms with Crippen LogP contribution < -0.4 is 5.73 Å². The van der Waals surface area contributed by atoms with Gasteiger partial charge in [0.2, 0.25) is 5.91 Å². The zero-order valence-electron chi connectivity index (χ0n) is 11.5. The molecule has 1 aliphatic heterocycles. The molecule has 0 atom stereocenters. The van der Waals surface area contributed by atoms with Crippen LogP contribution in [-0.2, 0) is 20.7 Å². The number of carbonyl (C=O) groups excluding carboxylic acids is 2. The van der Waals surface area contributed by atoms with Crippen molar-refractivity contribution < 1.29 is 14.3 Å². The monoisotopic (exact) mass is 297 g/mol. The van der Waals surface area contributed by atoms with Crippen molar-refractivity contribution in [1.82, 2.24) is 9.88 Å².